The van der Waals surface area contributed by atoms with Crippen LogP contribution in [0.2, 0.25) is 0 Å². The summed E-state index contributed by atoms with van der Waals surface area (Å²) in [6, 6.07) is 2.90. The maximum Gasteiger partial charge on any atom is 0.350 e. The molecule has 3 rings (SSSR count). The van der Waals surface area contributed by atoms with Gasteiger partial charge in [-0.2, -0.15) is 0 Å². The number of carbonyl (C=O) groups is 2. The summed E-state index contributed by atoms with van der Waals surface area (Å²) in [4.78, 5) is 60.5. The molecule has 0 fully saturated rings. The van der Waals surface area contributed by atoms with Crippen molar-refractivity contribution in [3.63, 3.8) is 0 Å². The van der Waals surface area contributed by atoms with E-state index in [-0.39, 0.29) is 17.7 Å². The van der Waals surface area contributed by atoms with E-state index in [1.807, 2.05) is 13.8 Å². The number of aromatic hydroxyl groups is 1. The molecule has 2 aromatic rings. The van der Waals surface area contributed by atoms with E-state index in [9.17, 15) is 24.3 Å². The van der Waals surface area contributed by atoms with Gasteiger partial charge < -0.3 is 5.11 Å². The Bertz CT molecular complexity index is 1350. The van der Waals surface area contributed by atoms with Gasteiger partial charge in [0.25, 0.3) is 11.5 Å². The van der Waals surface area contributed by atoms with E-state index in [4.69, 9.17) is 0 Å². The zero-order valence-electron chi connectivity index (χ0n) is 20.3. The number of amides is 3. The molecule has 36 heavy (non-hydrogen) atoms. The summed E-state index contributed by atoms with van der Waals surface area (Å²) in [5, 5.41) is 10.6. The number of imide groups is 1. The fraction of sp³-hybridized carbons (Fsp3) is 0.308. The lowest BCUT2D eigenvalue weighted by Gasteiger charge is -2.21. The van der Waals surface area contributed by atoms with Crippen molar-refractivity contribution in [3.8, 4) is 5.88 Å². The Hall–Kier alpha value is -4.34. The number of carbonyl (C=O) groups excluding carboxylic acids is 2. The van der Waals surface area contributed by atoms with Gasteiger partial charge in [-0.15, -0.1) is 0 Å². The SMILES string of the molecule is CCCCN1C(=O)N=CC(=CC=C(C=Cc2c(O)n(CCCC)c(=O)[nH]c2=O)c2ccncc2)C1=O. The number of urea groups is 1. The van der Waals surface area contributed by atoms with Crippen molar-refractivity contribution < 1.29 is 14.7 Å². The molecule has 0 aromatic carbocycles. The van der Waals surface area contributed by atoms with Crippen LogP contribution >= 0.6 is 0 Å². The summed E-state index contributed by atoms with van der Waals surface area (Å²) in [6.07, 6.45) is 13.6. The summed E-state index contributed by atoms with van der Waals surface area (Å²) in [5.74, 6) is -0.851. The molecule has 3 heterocycles. The van der Waals surface area contributed by atoms with Gasteiger partial charge in [-0.25, -0.2) is 14.6 Å². The van der Waals surface area contributed by atoms with Crippen LogP contribution < -0.4 is 11.2 Å². The fourth-order valence-corrected chi connectivity index (χ4v) is 3.51. The predicted octanol–water partition coefficient (Wildman–Crippen LogP) is 3.29. The van der Waals surface area contributed by atoms with Crippen molar-refractivity contribution in [1.82, 2.24) is 19.4 Å². The van der Waals surface area contributed by atoms with Crippen LogP contribution in [0.5, 0.6) is 5.88 Å². The number of nitrogens with one attached hydrogen (secondary N) is 1. The largest absolute Gasteiger partial charge is 0.494 e. The summed E-state index contributed by atoms with van der Waals surface area (Å²) in [6.45, 7) is 4.48. The summed E-state index contributed by atoms with van der Waals surface area (Å²) >= 11 is 0. The first-order valence-corrected chi connectivity index (χ1v) is 11.8. The summed E-state index contributed by atoms with van der Waals surface area (Å²) in [5.41, 5.74) is 0.105. The Kier molecular flexibility index (Phi) is 9.04. The second-order valence-electron chi connectivity index (χ2n) is 8.17. The van der Waals surface area contributed by atoms with Gasteiger partial charge in [0.05, 0.1) is 5.57 Å². The number of nitrogens with zero attached hydrogens (tertiary/aromatic N) is 4. The highest BCUT2D eigenvalue weighted by atomic mass is 16.3. The van der Waals surface area contributed by atoms with Gasteiger partial charge in [-0.1, -0.05) is 38.8 Å². The van der Waals surface area contributed by atoms with E-state index in [0.29, 0.717) is 25.0 Å². The van der Waals surface area contributed by atoms with E-state index < -0.39 is 29.1 Å². The molecule has 0 bridgehead atoms. The quantitative estimate of drug-likeness (QED) is 0.386. The van der Waals surface area contributed by atoms with Gasteiger partial charge in [-0.3, -0.25) is 29.0 Å². The lowest BCUT2D eigenvalue weighted by atomic mass is 10.0. The third-order valence-electron chi connectivity index (χ3n) is 5.60. The first-order chi connectivity index (χ1) is 17.4. The molecule has 0 saturated carbocycles. The lowest BCUT2D eigenvalue weighted by molar-refractivity contribution is -0.123. The van der Waals surface area contributed by atoms with Crippen LogP contribution in [0.25, 0.3) is 11.6 Å². The minimum atomic E-state index is -0.714. The average molecular weight is 492 g/mol. The molecule has 1 aliphatic rings. The number of rotatable bonds is 10. The molecule has 188 valence electrons. The molecule has 0 spiro atoms. The number of H-pyrrole nitrogens is 1. The number of unbranched alkanes of at least 4 members (excludes halogenated alkanes) is 2. The van der Waals surface area contributed by atoms with Crippen LogP contribution in [0, 0.1) is 0 Å². The fourth-order valence-electron chi connectivity index (χ4n) is 3.51. The first-order valence-electron chi connectivity index (χ1n) is 11.8. The Labute approximate surface area is 208 Å². The van der Waals surface area contributed by atoms with E-state index in [0.717, 1.165) is 27.9 Å². The number of aromatic nitrogens is 3. The van der Waals surface area contributed by atoms with Crippen LogP contribution in [-0.2, 0) is 11.3 Å². The van der Waals surface area contributed by atoms with E-state index in [1.165, 1.54) is 12.3 Å². The van der Waals surface area contributed by atoms with Gasteiger partial charge >= 0.3 is 11.7 Å². The van der Waals surface area contributed by atoms with Gasteiger partial charge in [0.15, 0.2) is 0 Å². The number of hydrogen-bond donors (Lipinski definition) is 2. The van der Waals surface area contributed by atoms with Crippen molar-refractivity contribution in [3.05, 3.63) is 80.3 Å². The highest BCUT2D eigenvalue weighted by Gasteiger charge is 2.26. The molecule has 10 nitrogen and oxygen atoms in total. The normalized spacial score (nSPS) is 15.4. The third-order valence-corrected chi connectivity index (χ3v) is 5.60. The zero-order valence-corrected chi connectivity index (χ0v) is 20.3. The minimum absolute atomic E-state index is 0.0649. The van der Waals surface area contributed by atoms with Gasteiger partial charge in [0, 0.05) is 31.7 Å². The second kappa shape index (κ2) is 12.4. The number of aliphatic imine (C=N–C) groups is 1. The number of aromatic amines is 1. The van der Waals surface area contributed by atoms with Gasteiger partial charge in [0.1, 0.15) is 5.56 Å². The molecule has 2 aromatic heterocycles. The number of hydrogen-bond acceptors (Lipinski definition) is 6. The number of allylic oxidation sites excluding steroid dienone is 4. The highest BCUT2D eigenvalue weighted by Crippen LogP contribution is 2.20. The van der Waals surface area contributed by atoms with Crippen molar-refractivity contribution in [2.75, 3.05) is 6.54 Å². The Morgan fingerprint density at radius 3 is 2.44 bits per heavy atom. The Morgan fingerprint density at radius 2 is 1.75 bits per heavy atom. The van der Waals surface area contributed by atoms with E-state index in [2.05, 4.69) is 15.0 Å². The molecule has 0 atom stereocenters. The van der Waals surface area contributed by atoms with Crippen molar-refractivity contribution in [2.45, 2.75) is 46.1 Å². The molecular formula is C26H29N5O5. The molecule has 3 amide bonds. The van der Waals surface area contributed by atoms with Crippen LogP contribution in [0.1, 0.15) is 50.7 Å². The zero-order chi connectivity index (χ0) is 26.1. The van der Waals surface area contributed by atoms with Crippen LogP contribution in [0.4, 0.5) is 4.79 Å². The topological polar surface area (TPSA) is 138 Å². The second-order valence-corrected chi connectivity index (χ2v) is 8.17. The molecular weight excluding hydrogens is 462 g/mol. The first kappa shape index (κ1) is 26.3. The number of pyridine rings is 1. The lowest BCUT2D eigenvalue weighted by Crippen LogP contribution is -2.40. The average Bonchev–Trinajstić information content (AvgIpc) is 2.87. The smallest absolute Gasteiger partial charge is 0.350 e. The predicted molar refractivity (Wildman–Crippen MR) is 138 cm³/mol. The molecule has 0 aliphatic carbocycles. The van der Waals surface area contributed by atoms with Crippen molar-refractivity contribution in [1.29, 1.82) is 0 Å². The van der Waals surface area contributed by atoms with Gasteiger partial charge in [-0.05, 0) is 48.3 Å². The Balaban J connectivity index is 2.02. The third kappa shape index (κ3) is 6.21. The standard InChI is InChI=1S/C26H29N5O5/c1-3-5-15-30-23(33)20(17-28-25(30)35)8-7-18(19-11-13-27-14-12-19)9-10-21-22(32)29-26(36)31(24(21)34)16-6-4-2/h7-14,17,34H,3-6,15-16H2,1-2H3,(H,29,32,36). The summed E-state index contributed by atoms with van der Waals surface area (Å²) < 4.78 is 1.13. The van der Waals surface area contributed by atoms with Crippen LogP contribution in [0.3, 0.4) is 0 Å². The molecule has 0 radical (unpaired) electrons. The minimum Gasteiger partial charge on any atom is -0.494 e. The maximum atomic E-state index is 12.8. The van der Waals surface area contributed by atoms with E-state index >= 15 is 0 Å². The van der Waals surface area contributed by atoms with Crippen LogP contribution in [0.15, 0.2) is 62.9 Å². The molecule has 1 aliphatic heterocycles. The van der Waals surface area contributed by atoms with Crippen LogP contribution in [-0.4, -0.2) is 49.2 Å². The van der Waals surface area contributed by atoms with Crippen molar-refractivity contribution >= 4 is 29.8 Å². The molecule has 10 heteroatoms. The Morgan fingerprint density at radius 1 is 1.06 bits per heavy atom. The molecule has 2 N–H and O–H groups in total. The monoisotopic (exact) mass is 491 g/mol. The van der Waals surface area contributed by atoms with Gasteiger partial charge in [0.2, 0.25) is 5.88 Å². The molecule has 0 saturated heterocycles. The maximum absolute atomic E-state index is 12.8. The summed E-state index contributed by atoms with van der Waals surface area (Å²) in [7, 11) is 0. The molecule has 0 unspecified atom stereocenters. The van der Waals surface area contributed by atoms with E-state index in [1.54, 1.807) is 42.8 Å². The van der Waals surface area contributed by atoms with Crippen molar-refractivity contribution in [2.24, 2.45) is 4.99 Å². The highest BCUT2D eigenvalue weighted by molar-refractivity contribution is 6.22.